The molecule has 1 aromatic carbocycles. The Morgan fingerprint density at radius 3 is 2.39 bits per heavy atom. The molecular weight excluding hydrogens is 482 g/mol. The van der Waals surface area contributed by atoms with E-state index < -0.39 is 5.97 Å². The Kier molecular flexibility index (Phi) is 8.91. The summed E-state index contributed by atoms with van der Waals surface area (Å²) in [5.74, 6) is -0.0642. The Balaban J connectivity index is 1.76. The molecule has 1 amide bonds. The van der Waals surface area contributed by atoms with Crippen molar-refractivity contribution in [2.24, 2.45) is 0 Å². The number of methoxy groups -OCH3 is 1. The number of amides is 1. The van der Waals surface area contributed by atoms with Crippen LogP contribution in [0.2, 0.25) is 0 Å². The molecule has 0 saturated carbocycles. The average molecular weight is 521 g/mol. The van der Waals surface area contributed by atoms with Gasteiger partial charge in [-0.3, -0.25) is 15.5 Å². The number of nitrogens with two attached hydrogens (primary N) is 1. The molecule has 0 radical (unpaired) electrons. The largest absolute Gasteiger partial charge is 0.475 e. The molecular formula is C29H38N5O4+. The maximum atomic E-state index is 13.1. The molecule has 0 spiro atoms. The van der Waals surface area contributed by atoms with Gasteiger partial charge in [-0.2, -0.15) is 4.98 Å². The second-order valence-corrected chi connectivity index (χ2v) is 10.1. The molecule has 2 heterocycles. The third-order valence-electron chi connectivity index (χ3n) is 6.90. The minimum atomic E-state index is -0.553. The first kappa shape index (κ1) is 27.5. The summed E-state index contributed by atoms with van der Waals surface area (Å²) in [4.78, 5) is 34.4. The molecule has 9 nitrogen and oxygen atoms in total. The van der Waals surface area contributed by atoms with Crippen LogP contribution in [0.25, 0.3) is 11.1 Å². The minimum Gasteiger partial charge on any atom is -0.475 e. The van der Waals surface area contributed by atoms with Crippen LogP contribution in [-0.2, 0) is 9.47 Å². The van der Waals surface area contributed by atoms with E-state index in [1.807, 2.05) is 36.2 Å². The van der Waals surface area contributed by atoms with Gasteiger partial charge < -0.3 is 19.3 Å². The summed E-state index contributed by atoms with van der Waals surface area (Å²) in [7, 11) is 3.38. The van der Waals surface area contributed by atoms with Crippen molar-refractivity contribution in [1.82, 2.24) is 14.8 Å². The standard InChI is InChI=1S/C29H37N5O4/c1-19(2)38-26(30)25-23(18-24(29(36)37-4)32-27(25)31-22-8-6-5-7-9-22)20-10-12-21(13-11-20)28(35)34-16-14-33(3)15-17-34/h8,10-13,18-19,30H,5-7,9,14-17H2,1-4H3,(H,31,32)/p+1. The highest BCUT2D eigenvalue weighted by atomic mass is 16.5. The van der Waals surface area contributed by atoms with Gasteiger partial charge in [-0.05, 0) is 70.0 Å². The van der Waals surface area contributed by atoms with Crippen molar-refractivity contribution >= 4 is 23.6 Å². The van der Waals surface area contributed by atoms with E-state index in [9.17, 15) is 9.59 Å². The lowest BCUT2D eigenvalue weighted by Gasteiger charge is -2.32. The molecule has 1 aromatic heterocycles. The molecule has 0 bridgehead atoms. The van der Waals surface area contributed by atoms with E-state index in [-0.39, 0.29) is 23.6 Å². The molecule has 1 fully saturated rings. The molecule has 9 heteroatoms. The predicted octanol–water partition coefficient (Wildman–Crippen LogP) is 3.33. The number of rotatable bonds is 7. The number of likely N-dealkylation sites (N-methyl/N-ethyl adjacent to an activating group) is 1. The number of allylic oxidation sites excluding steroid dienone is 2. The summed E-state index contributed by atoms with van der Waals surface area (Å²) < 4.78 is 10.8. The van der Waals surface area contributed by atoms with Gasteiger partial charge in [0.2, 0.25) is 11.7 Å². The fraction of sp³-hybridized carbons (Fsp3) is 0.448. The molecule has 202 valence electrons. The number of hydrogen-bond donors (Lipinski definition) is 2. The average Bonchev–Trinajstić information content (AvgIpc) is 2.92. The van der Waals surface area contributed by atoms with Crippen LogP contribution < -0.4 is 5.32 Å². The number of quaternary nitrogens is 1. The molecule has 3 N–H and O–H groups in total. The van der Waals surface area contributed by atoms with Crippen molar-refractivity contribution in [3.05, 3.63) is 58.9 Å². The zero-order chi connectivity index (χ0) is 27.2. The highest BCUT2D eigenvalue weighted by Gasteiger charge is 2.27. The maximum absolute atomic E-state index is 13.1. The third kappa shape index (κ3) is 6.46. The van der Waals surface area contributed by atoms with E-state index in [0.717, 1.165) is 50.0 Å². The maximum Gasteiger partial charge on any atom is 0.356 e. The Bertz CT molecular complexity index is 1210. The van der Waals surface area contributed by atoms with Gasteiger partial charge in [0.25, 0.3) is 5.91 Å². The summed E-state index contributed by atoms with van der Waals surface area (Å²) in [6, 6.07) is 8.96. The lowest BCUT2D eigenvalue weighted by Crippen LogP contribution is -2.77. The first-order valence-corrected chi connectivity index (χ1v) is 13.3. The third-order valence-corrected chi connectivity index (χ3v) is 6.90. The number of carbonyl (C=O) groups excluding carboxylic acids is 2. The SMILES string of the molecule is COC(=O)c1cc(-c2ccc(C(=O)N3CCN(C)CC3)cc2)c(C(=N)OC(C)C)c([NH2+]C2=CCCCC2)n1. The quantitative estimate of drug-likeness (QED) is 0.329. The van der Waals surface area contributed by atoms with Crippen LogP contribution in [0.15, 0.2) is 42.1 Å². The fourth-order valence-corrected chi connectivity index (χ4v) is 4.79. The molecule has 1 aliphatic carbocycles. The van der Waals surface area contributed by atoms with Gasteiger partial charge in [-0.1, -0.05) is 12.1 Å². The van der Waals surface area contributed by atoms with Gasteiger partial charge in [-0.25, -0.2) is 4.79 Å². The van der Waals surface area contributed by atoms with E-state index in [4.69, 9.17) is 14.9 Å². The van der Waals surface area contributed by atoms with Crippen LogP contribution in [0, 0.1) is 5.41 Å². The number of benzene rings is 1. The van der Waals surface area contributed by atoms with Crippen molar-refractivity contribution in [2.75, 3.05) is 40.3 Å². The predicted molar refractivity (Wildman–Crippen MR) is 146 cm³/mol. The number of piperazine rings is 1. The van der Waals surface area contributed by atoms with E-state index in [2.05, 4.69) is 23.0 Å². The lowest BCUT2D eigenvalue weighted by molar-refractivity contribution is -0.525. The van der Waals surface area contributed by atoms with Gasteiger partial charge in [-0.15, -0.1) is 0 Å². The second kappa shape index (κ2) is 12.3. The lowest BCUT2D eigenvalue weighted by atomic mass is 9.97. The van der Waals surface area contributed by atoms with Gasteiger partial charge in [0.15, 0.2) is 5.69 Å². The van der Waals surface area contributed by atoms with Gasteiger partial charge in [0.05, 0.1) is 13.2 Å². The Morgan fingerprint density at radius 1 is 1.08 bits per heavy atom. The summed E-state index contributed by atoms with van der Waals surface area (Å²) in [5.41, 5.74) is 3.79. The molecule has 0 unspecified atom stereocenters. The van der Waals surface area contributed by atoms with Crippen molar-refractivity contribution in [2.45, 2.75) is 45.6 Å². The van der Waals surface area contributed by atoms with Crippen LogP contribution in [0.4, 0.5) is 5.82 Å². The Morgan fingerprint density at radius 2 is 1.79 bits per heavy atom. The zero-order valence-electron chi connectivity index (χ0n) is 22.8. The monoisotopic (exact) mass is 520 g/mol. The number of nitrogens with one attached hydrogen (secondary N) is 1. The first-order valence-electron chi connectivity index (χ1n) is 13.3. The van der Waals surface area contributed by atoms with Crippen LogP contribution >= 0.6 is 0 Å². The topological polar surface area (TPSA) is 112 Å². The zero-order valence-corrected chi connectivity index (χ0v) is 22.8. The molecule has 38 heavy (non-hydrogen) atoms. The van der Waals surface area contributed by atoms with Gasteiger partial charge in [0, 0.05) is 43.7 Å². The number of esters is 1. The molecule has 4 rings (SSSR count). The van der Waals surface area contributed by atoms with Crippen molar-refractivity contribution in [1.29, 1.82) is 5.41 Å². The highest BCUT2D eigenvalue weighted by molar-refractivity contribution is 6.04. The number of aromatic nitrogens is 1. The van der Waals surface area contributed by atoms with Crippen molar-refractivity contribution < 1.29 is 24.4 Å². The summed E-state index contributed by atoms with van der Waals surface area (Å²) in [6.45, 7) is 6.86. The number of nitrogens with zero attached hydrogens (tertiary/aromatic N) is 3. The van der Waals surface area contributed by atoms with Gasteiger partial charge in [0.1, 0.15) is 11.3 Å². The summed E-state index contributed by atoms with van der Waals surface area (Å²) in [5, 5.41) is 10.8. The van der Waals surface area contributed by atoms with Crippen LogP contribution in [0.3, 0.4) is 0 Å². The van der Waals surface area contributed by atoms with Crippen LogP contribution in [0.1, 0.15) is 65.9 Å². The van der Waals surface area contributed by atoms with Crippen molar-refractivity contribution in [3.8, 4) is 11.1 Å². The Hall–Kier alpha value is -3.56. The van der Waals surface area contributed by atoms with E-state index in [0.29, 0.717) is 35.6 Å². The normalized spacial score (nSPS) is 16.2. The number of ether oxygens (including phenoxy) is 2. The minimum absolute atomic E-state index is 0.00370. The van der Waals surface area contributed by atoms with Crippen molar-refractivity contribution in [3.63, 3.8) is 0 Å². The molecule has 2 aliphatic rings. The molecule has 1 aliphatic heterocycles. The van der Waals surface area contributed by atoms with Gasteiger partial charge >= 0.3 is 5.97 Å². The van der Waals surface area contributed by atoms with E-state index in [1.54, 1.807) is 18.2 Å². The highest BCUT2D eigenvalue weighted by Crippen LogP contribution is 2.30. The second-order valence-electron chi connectivity index (χ2n) is 10.1. The smallest absolute Gasteiger partial charge is 0.356 e. The molecule has 2 aromatic rings. The number of carbonyl (C=O) groups is 2. The molecule has 1 saturated heterocycles. The number of pyridine rings is 1. The Labute approximate surface area is 224 Å². The first-order chi connectivity index (χ1) is 18.3. The van der Waals surface area contributed by atoms with E-state index in [1.165, 1.54) is 7.11 Å². The van der Waals surface area contributed by atoms with E-state index >= 15 is 0 Å². The van der Waals surface area contributed by atoms with Crippen LogP contribution in [0.5, 0.6) is 0 Å². The summed E-state index contributed by atoms with van der Waals surface area (Å²) >= 11 is 0. The molecule has 0 atom stereocenters. The van der Waals surface area contributed by atoms with Crippen LogP contribution in [-0.4, -0.2) is 79.0 Å². The fourth-order valence-electron chi connectivity index (χ4n) is 4.79. The summed E-state index contributed by atoms with van der Waals surface area (Å²) in [6.07, 6.45) is 6.13. The number of hydrogen-bond acceptors (Lipinski definition) is 7.